The van der Waals surface area contributed by atoms with Crippen LogP contribution in [0.1, 0.15) is 33.8 Å². The van der Waals surface area contributed by atoms with Crippen molar-refractivity contribution >= 4 is 57.0 Å². The fourth-order valence-electron chi connectivity index (χ4n) is 2.61. The lowest BCUT2D eigenvalue weighted by molar-refractivity contribution is -0.154. The van der Waals surface area contributed by atoms with Gasteiger partial charge in [-0.3, -0.25) is 20.4 Å². The van der Waals surface area contributed by atoms with E-state index in [1.54, 1.807) is 10.9 Å². The number of hydrogen-bond donors (Lipinski definition) is 2. The van der Waals surface area contributed by atoms with E-state index in [9.17, 15) is 40.3 Å². The Labute approximate surface area is 206 Å². The molecular formula is C20H12BrCl2F7N2O2. The molecule has 0 saturated heterocycles. The summed E-state index contributed by atoms with van der Waals surface area (Å²) in [4.78, 5) is 23.2. The van der Waals surface area contributed by atoms with Gasteiger partial charge in [-0.05, 0) is 51.3 Å². The van der Waals surface area contributed by atoms with Gasteiger partial charge in [0.15, 0.2) is 5.82 Å². The number of carbonyl (C=O) groups excluding carboxylic acids is 2. The maximum atomic E-state index is 13.6. The van der Waals surface area contributed by atoms with Crippen LogP contribution >= 0.6 is 39.1 Å². The van der Waals surface area contributed by atoms with Crippen LogP contribution in [0.4, 0.5) is 30.7 Å². The zero-order valence-electron chi connectivity index (χ0n) is 16.4. The topological polar surface area (TPSA) is 58.2 Å². The number of hydrazine groups is 1. The molecule has 2 amide bonds. The minimum atomic E-state index is -4.77. The Bertz CT molecular complexity index is 1100. The second kappa shape index (κ2) is 11.0. The number of amides is 2. The largest absolute Gasteiger partial charge is 0.399 e. The van der Waals surface area contributed by atoms with E-state index in [1.807, 2.05) is 0 Å². The number of alkyl halides is 6. The summed E-state index contributed by atoms with van der Waals surface area (Å²) in [7, 11) is 0. The third kappa shape index (κ3) is 7.88. The van der Waals surface area contributed by atoms with Crippen LogP contribution < -0.4 is 10.9 Å². The van der Waals surface area contributed by atoms with Crippen molar-refractivity contribution in [2.24, 2.45) is 0 Å². The third-order valence-corrected chi connectivity index (χ3v) is 5.32. The first-order valence-corrected chi connectivity index (χ1v) is 10.5. The van der Waals surface area contributed by atoms with Crippen LogP contribution in [0.5, 0.6) is 0 Å². The Morgan fingerprint density at radius 1 is 1.00 bits per heavy atom. The van der Waals surface area contributed by atoms with E-state index in [0.717, 1.165) is 24.3 Å². The number of nitrogens with one attached hydrogen (secondary N) is 2. The Hall–Kier alpha value is -2.31. The third-order valence-electron chi connectivity index (χ3n) is 4.11. The highest BCUT2D eigenvalue weighted by molar-refractivity contribution is 9.10. The molecule has 2 aromatic rings. The highest BCUT2D eigenvalue weighted by Gasteiger charge is 2.39. The highest BCUT2D eigenvalue weighted by Crippen LogP contribution is 2.39. The van der Waals surface area contributed by atoms with Gasteiger partial charge in [0.2, 0.25) is 5.91 Å². The summed E-state index contributed by atoms with van der Waals surface area (Å²) < 4.78 is 90.8. The standard InChI is InChI=1S/C20H12BrCl2F7N2O2/c21-13-5-9(1-3-11(13)18(34)32-31-16(33)8-19(25,26)27)2-4-12(20(28,29)30)10-6-14(22)17(24)15(23)7-10/h1-7,12H,8H2,(H,31,33)(H,32,34). The molecule has 0 bridgehead atoms. The average Bonchev–Trinajstić information content (AvgIpc) is 2.68. The molecule has 2 N–H and O–H groups in total. The predicted octanol–water partition coefficient (Wildman–Crippen LogP) is 6.97. The molecule has 4 nitrogen and oxygen atoms in total. The van der Waals surface area contributed by atoms with Crippen LogP contribution in [0, 0.1) is 5.82 Å². The predicted molar refractivity (Wildman–Crippen MR) is 115 cm³/mol. The van der Waals surface area contributed by atoms with Crippen molar-refractivity contribution in [1.29, 1.82) is 0 Å². The molecular weight excluding hydrogens is 584 g/mol. The number of carbonyl (C=O) groups is 2. The van der Waals surface area contributed by atoms with Crippen molar-refractivity contribution in [1.82, 2.24) is 10.9 Å². The van der Waals surface area contributed by atoms with E-state index in [4.69, 9.17) is 23.2 Å². The molecule has 2 aromatic carbocycles. The number of allylic oxidation sites excluding steroid dienone is 1. The number of hydrogen-bond acceptors (Lipinski definition) is 2. The maximum absolute atomic E-state index is 13.6. The zero-order chi connectivity index (χ0) is 25.8. The minimum Gasteiger partial charge on any atom is -0.273 e. The lowest BCUT2D eigenvalue weighted by Gasteiger charge is -2.18. The van der Waals surface area contributed by atoms with E-state index in [-0.39, 0.29) is 15.6 Å². The van der Waals surface area contributed by atoms with Crippen LogP contribution in [0.2, 0.25) is 10.0 Å². The molecule has 0 fully saturated rings. The summed E-state index contributed by atoms with van der Waals surface area (Å²) in [5.74, 6) is -5.70. The van der Waals surface area contributed by atoms with E-state index in [1.165, 1.54) is 18.2 Å². The normalized spacial score (nSPS) is 13.1. The Balaban J connectivity index is 2.20. The summed E-state index contributed by atoms with van der Waals surface area (Å²) in [6.45, 7) is 0. The quantitative estimate of drug-likeness (QED) is 0.223. The van der Waals surface area contributed by atoms with Crippen molar-refractivity contribution in [3.05, 3.63) is 73.4 Å². The number of halogens is 10. The van der Waals surface area contributed by atoms with Crippen LogP contribution in [0.25, 0.3) is 6.08 Å². The van der Waals surface area contributed by atoms with Crippen molar-refractivity contribution in [2.75, 3.05) is 0 Å². The summed E-state index contributed by atoms with van der Waals surface area (Å²) in [5.41, 5.74) is 3.09. The minimum absolute atomic E-state index is 0.0775. The first-order valence-electron chi connectivity index (χ1n) is 8.93. The molecule has 0 aliphatic heterocycles. The summed E-state index contributed by atoms with van der Waals surface area (Å²) >= 11 is 14.2. The lowest BCUT2D eigenvalue weighted by Crippen LogP contribution is -2.43. The van der Waals surface area contributed by atoms with Gasteiger partial charge in [0.1, 0.15) is 6.42 Å². The average molecular weight is 596 g/mol. The van der Waals surface area contributed by atoms with E-state index in [2.05, 4.69) is 15.9 Å². The SMILES string of the molecule is O=C(CC(F)(F)F)NNC(=O)c1ccc(C=CC(c2cc(Cl)c(F)c(Cl)c2)C(F)(F)F)cc1Br. The lowest BCUT2D eigenvalue weighted by atomic mass is 9.97. The molecule has 1 unspecified atom stereocenters. The smallest absolute Gasteiger partial charge is 0.273 e. The van der Waals surface area contributed by atoms with Crippen molar-refractivity contribution in [2.45, 2.75) is 24.7 Å². The van der Waals surface area contributed by atoms with Crippen LogP contribution in [0.15, 0.2) is 40.9 Å². The van der Waals surface area contributed by atoms with Gasteiger partial charge in [-0.2, -0.15) is 26.3 Å². The first-order chi connectivity index (χ1) is 15.6. The zero-order valence-corrected chi connectivity index (χ0v) is 19.5. The van der Waals surface area contributed by atoms with E-state index in [0.29, 0.717) is 0 Å². The molecule has 0 aliphatic carbocycles. The molecule has 1 atom stereocenters. The maximum Gasteiger partial charge on any atom is 0.399 e. The van der Waals surface area contributed by atoms with Crippen LogP contribution in [0.3, 0.4) is 0 Å². The van der Waals surface area contributed by atoms with Crippen LogP contribution in [-0.2, 0) is 4.79 Å². The van der Waals surface area contributed by atoms with Gasteiger partial charge >= 0.3 is 12.4 Å². The Morgan fingerprint density at radius 2 is 1.59 bits per heavy atom. The van der Waals surface area contributed by atoms with Gasteiger partial charge in [0.05, 0.1) is 21.5 Å². The first kappa shape index (κ1) is 27.9. The van der Waals surface area contributed by atoms with Crippen molar-refractivity contribution in [3.8, 4) is 0 Å². The molecule has 0 saturated carbocycles. The van der Waals surface area contributed by atoms with Gasteiger partial charge in [0, 0.05) is 4.47 Å². The van der Waals surface area contributed by atoms with Crippen molar-refractivity contribution < 1.29 is 40.3 Å². The molecule has 34 heavy (non-hydrogen) atoms. The summed E-state index contributed by atoms with van der Waals surface area (Å²) in [6, 6.07) is 5.30. The van der Waals surface area contributed by atoms with Gasteiger partial charge in [-0.15, -0.1) is 0 Å². The monoisotopic (exact) mass is 594 g/mol. The van der Waals surface area contributed by atoms with Crippen LogP contribution in [-0.4, -0.2) is 24.2 Å². The molecule has 0 spiro atoms. The second-order valence-electron chi connectivity index (χ2n) is 6.71. The summed E-state index contributed by atoms with van der Waals surface area (Å²) in [6.07, 6.45) is -9.47. The summed E-state index contributed by atoms with van der Waals surface area (Å²) in [5, 5.41) is -1.16. The van der Waals surface area contributed by atoms with Gasteiger partial charge in [-0.25, -0.2) is 4.39 Å². The van der Waals surface area contributed by atoms with Gasteiger partial charge in [-0.1, -0.05) is 41.4 Å². The molecule has 0 heterocycles. The van der Waals surface area contributed by atoms with Gasteiger partial charge < -0.3 is 0 Å². The van der Waals surface area contributed by atoms with Crippen molar-refractivity contribution in [3.63, 3.8) is 0 Å². The van der Waals surface area contributed by atoms with E-state index >= 15 is 0 Å². The molecule has 14 heteroatoms. The van der Waals surface area contributed by atoms with Gasteiger partial charge in [0.25, 0.3) is 5.91 Å². The molecule has 2 rings (SSSR count). The number of rotatable bonds is 5. The number of benzene rings is 2. The fraction of sp³-hybridized carbons (Fsp3) is 0.200. The highest BCUT2D eigenvalue weighted by atomic mass is 79.9. The Morgan fingerprint density at radius 3 is 2.09 bits per heavy atom. The second-order valence-corrected chi connectivity index (χ2v) is 8.38. The molecule has 184 valence electrons. The molecule has 0 radical (unpaired) electrons. The van der Waals surface area contributed by atoms with E-state index < -0.39 is 57.9 Å². The molecule has 0 aromatic heterocycles. The fourth-order valence-corrected chi connectivity index (χ4v) is 3.69. The Kier molecular flexibility index (Phi) is 9.00. The molecule has 0 aliphatic rings.